The van der Waals surface area contributed by atoms with Crippen LogP contribution in [0, 0.1) is 29.1 Å². The van der Waals surface area contributed by atoms with Gasteiger partial charge in [0.1, 0.15) is 54.0 Å². The van der Waals surface area contributed by atoms with Crippen molar-refractivity contribution in [2.45, 2.75) is 269 Å². The van der Waals surface area contributed by atoms with Crippen LogP contribution in [0.2, 0.25) is 0 Å². The first-order valence-corrected chi connectivity index (χ1v) is 28.7. The molecule has 3 aliphatic heterocycles. The second kappa shape index (κ2) is 36.6. The first-order chi connectivity index (χ1) is 35.4. The molecule has 3 saturated heterocycles. The minimum Gasteiger partial charge on any atom is -0.394 e. The fraction of sp³-hybridized carbons (Fsp3) is 0.946. The largest absolute Gasteiger partial charge is 0.394 e. The van der Waals surface area contributed by atoms with Crippen LogP contribution in [0.25, 0.3) is 0 Å². The van der Waals surface area contributed by atoms with E-state index in [0.717, 1.165) is 103 Å². The Balaban J connectivity index is 1.42. The zero-order valence-corrected chi connectivity index (χ0v) is 45.9. The van der Waals surface area contributed by atoms with Crippen molar-refractivity contribution in [3.63, 3.8) is 0 Å². The molecule has 9 N–H and O–H groups in total. The number of hydrogen-bond acceptors (Lipinski definition) is 18. The second-order valence-corrected chi connectivity index (χ2v) is 22.6. The molecular weight excluding hydrogens is 961 g/mol. The Hall–Kier alpha value is -1.59. The highest BCUT2D eigenvalue weighted by atomic mass is 16.7. The van der Waals surface area contributed by atoms with Crippen molar-refractivity contribution in [2.75, 3.05) is 39.6 Å². The van der Waals surface area contributed by atoms with Crippen molar-refractivity contribution in [1.29, 1.82) is 0 Å². The Kier molecular flexibility index (Phi) is 32.9. The van der Waals surface area contributed by atoms with Gasteiger partial charge in [-0.3, -0.25) is 14.4 Å². The van der Waals surface area contributed by atoms with Crippen molar-refractivity contribution in [2.24, 2.45) is 29.1 Å². The van der Waals surface area contributed by atoms with Crippen LogP contribution in [-0.4, -0.2) is 177 Å². The van der Waals surface area contributed by atoms with E-state index in [-0.39, 0.29) is 22.8 Å². The predicted molar refractivity (Wildman–Crippen MR) is 276 cm³/mol. The fourth-order valence-corrected chi connectivity index (χ4v) is 10.8. The predicted octanol–water partition coefficient (Wildman–Crippen LogP) is 5.36. The molecule has 18 heteroatoms. The minimum atomic E-state index is -1.16. The average Bonchev–Trinajstić information content (AvgIpc) is 3.38. The molecule has 3 rings (SSSR count). The molecule has 0 saturated carbocycles. The van der Waals surface area contributed by atoms with Gasteiger partial charge in [-0.2, -0.15) is 0 Å². The van der Waals surface area contributed by atoms with Crippen molar-refractivity contribution in [1.82, 2.24) is 0 Å². The highest BCUT2D eigenvalue weighted by molar-refractivity contribution is 5.79. The van der Waals surface area contributed by atoms with Crippen molar-refractivity contribution in [3.8, 4) is 0 Å². The van der Waals surface area contributed by atoms with E-state index in [1.54, 1.807) is 20.8 Å². The molecule has 0 radical (unpaired) electrons. The molecule has 0 aromatic rings. The van der Waals surface area contributed by atoms with Gasteiger partial charge in [0, 0.05) is 76.1 Å². The topological polar surface area (TPSA) is 289 Å². The average molecular weight is 1060 g/mol. The lowest BCUT2D eigenvalue weighted by atomic mass is 9.69. The molecule has 434 valence electrons. The number of ketones is 3. The van der Waals surface area contributed by atoms with Gasteiger partial charge >= 0.3 is 0 Å². The van der Waals surface area contributed by atoms with Crippen LogP contribution in [0.4, 0.5) is 0 Å². The maximum atomic E-state index is 13.4. The molecule has 3 fully saturated rings. The summed E-state index contributed by atoms with van der Waals surface area (Å²) in [5.74, 6) is -0.376. The smallest absolute Gasteiger partial charge is 0.163 e. The van der Waals surface area contributed by atoms with Crippen LogP contribution in [0.3, 0.4) is 0 Å². The molecule has 74 heavy (non-hydrogen) atoms. The Morgan fingerprint density at radius 1 is 0.405 bits per heavy atom. The zero-order valence-electron chi connectivity index (χ0n) is 45.9. The first-order valence-electron chi connectivity index (χ1n) is 28.7. The summed E-state index contributed by atoms with van der Waals surface area (Å²) < 4.78 is 34.5. The Labute approximate surface area is 442 Å². The Morgan fingerprint density at radius 2 is 0.662 bits per heavy atom. The summed E-state index contributed by atoms with van der Waals surface area (Å²) >= 11 is 0. The molecule has 0 amide bonds. The number of rotatable bonds is 41. The summed E-state index contributed by atoms with van der Waals surface area (Å²) in [6.45, 7) is 9.58. The monoisotopic (exact) mass is 1060 g/mol. The van der Waals surface area contributed by atoms with Gasteiger partial charge < -0.3 is 74.4 Å². The summed E-state index contributed by atoms with van der Waals surface area (Å²) in [6, 6.07) is 0. The van der Waals surface area contributed by atoms with E-state index >= 15 is 0 Å². The SMILES string of the molecule is CC(C)CC(CCC(=O)CCCCCCCO[C@@H]1OC(CO)[C@H](O)[C@H](O)C1C)(CCC(=O)CCCCCCCO[C@@H]1OC(CO)[C@H](O)[C@H](O)C1C)CCC(=O)CCCCCCCO[C@@H]1OC(CO)[C@H](O)[C@H](O)C1C. The third-order valence-electron chi connectivity index (χ3n) is 15.9. The number of ether oxygens (including phenoxy) is 6. The number of carbonyl (C=O) groups is 3. The molecule has 0 bridgehead atoms. The van der Waals surface area contributed by atoms with Crippen LogP contribution < -0.4 is 0 Å². The number of Topliss-reactive ketones (excluding diaryl/α,β-unsaturated/α-hetero) is 3. The highest BCUT2D eigenvalue weighted by Crippen LogP contribution is 2.42. The molecular formula is C56H102O18. The lowest BCUT2D eigenvalue weighted by molar-refractivity contribution is -0.282. The summed E-state index contributed by atoms with van der Waals surface area (Å²) in [5.41, 5.74) is -0.310. The molecule has 0 aromatic heterocycles. The maximum Gasteiger partial charge on any atom is 0.163 e. The van der Waals surface area contributed by atoms with Gasteiger partial charge in [0.05, 0.1) is 38.1 Å². The molecule has 3 heterocycles. The number of aliphatic hydroxyl groups excluding tert-OH is 9. The molecule has 0 aliphatic carbocycles. The van der Waals surface area contributed by atoms with Crippen molar-refractivity contribution >= 4 is 17.3 Å². The van der Waals surface area contributed by atoms with E-state index in [1.807, 2.05) is 0 Å². The van der Waals surface area contributed by atoms with Gasteiger partial charge in [-0.15, -0.1) is 0 Å². The van der Waals surface area contributed by atoms with E-state index in [2.05, 4.69) is 13.8 Å². The summed E-state index contributed by atoms with van der Waals surface area (Å²) in [5, 5.41) is 89.6. The Bertz CT molecular complexity index is 1350. The summed E-state index contributed by atoms with van der Waals surface area (Å²) in [4.78, 5) is 40.2. The number of unbranched alkanes of at least 4 members (excludes halogenated alkanes) is 12. The van der Waals surface area contributed by atoms with Gasteiger partial charge in [0.25, 0.3) is 0 Å². The van der Waals surface area contributed by atoms with Crippen LogP contribution in [0.15, 0.2) is 0 Å². The van der Waals surface area contributed by atoms with Crippen LogP contribution in [0.1, 0.15) is 195 Å². The van der Waals surface area contributed by atoms with Gasteiger partial charge in [-0.25, -0.2) is 0 Å². The van der Waals surface area contributed by atoms with Crippen LogP contribution in [-0.2, 0) is 42.8 Å². The molecule has 15 atom stereocenters. The van der Waals surface area contributed by atoms with Crippen molar-refractivity contribution < 1.29 is 88.8 Å². The molecule has 6 unspecified atom stereocenters. The van der Waals surface area contributed by atoms with Crippen LogP contribution >= 0.6 is 0 Å². The number of carbonyl (C=O) groups excluding carboxylic acids is 3. The lowest BCUT2D eigenvalue weighted by Crippen LogP contribution is -2.55. The van der Waals surface area contributed by atoms with Gasteiger partial charge in [-0.05, 0) is 75.5 Å². The third-order valence-corrected chi connectivity index (χ3v) is 15.9. The standard InChI is InChI=1S/C56H102O18/c1-37(2)33-56(27-24-41(60)21-15-9-6-12-18-30-69-53-38(3)47(63)50(66)44(34-57)72-53,28-25-42(61)22-16-10-7-13-19-31-70-54-39(4)48(64)51(67)45(35-58)73-54)29-26-43(62)23-17-11-8-14-20-32-71-55-40(5)49(65)52(68)46(36-59)74-55/h37-40,44-55,57-59,63-68H,6-36H2,1-5H3/t38?,39?,40?,44?,45?,46?,47-,48-,49-,50+,51+,52+,53-,54-,55-,56?/m1/s1. The van der Waals surface area contributed by atoms with Crippen molar-refractivity contribution in [3.05, 3.63) is 0 Å². The van der Waals surface area contributed by atoms with Gasteiger partial charge in [0.2, 0.25) is 0 Å². The maximum absolute atomic E-state index is 13.4. The molecule has 0 aromatic carbocycles. The first kappa shape index (κ1) is 66.7. The van der Waals surface area contributed by atoms with E-state index in [4.69, 9.17) is 28.4 Å². The summed E-state index contributed by atoms with van der Waals surface area (Å²) in [7, 11) is 0. The van der Waals surface area contributed by atoms with Crippen LogP contribution in [0.5, 0.6) is 0 Å². The fourth-order valence-electron chi connectivity index (χ4n) is 10.8. The molecule has 3 aliphatic rings. The number of hydrogen-bond donors (Lipinski definition) is 9. The third kappa shape index (κ3) is 23.4. The van der Waals surface area contributed by atoms with E-state index < -0.39 is 111 Å². The quantitative estimate of drug-likeness (QED) is 0.0348. The normalized spacial score (nSPS) is 31.4. The van der Waals surface area contributed by atoms with Gasteiger partial charge in [-0.1, -0.05) is 92.4 Å². The van der Waals surface area contributed by atoms with Gasteiger partial charge in [0.15, 0.2) is 18.9 Å². The minimum absolute atomic E-state index is 0.204. The lowest BCUT2D eigenvalue weighted by Gasteiger charge is -2.40. The second-order valence-electron chi connectivity index (χ2n) is 22.6. The molecule has 0 spiro atoms. The van der Waals surface area contributed by atoms with E-state index in [0.29, 0.717) is 83.5 Å². The zero-order chi connectivity index (χ0) is 54.6. The Morgan fingerprint density at radius 3 is 0.919 bits per heavy atom. The van der Waals surface area contributed by atoms with E-state index in [9.17, 15) is 60.3 Å². The van der Waals surface area contributed by atoms with E-state index in [1.165, 1.54) is 0 Å². The highest BCUT2D eigenvalue weighted by Gasteiger charge is 2.44. The molecule has 18 nitrogen and oxygen atoms in total. The number of aliphatic hydroxyl groups is 9. The summed E-state index contributed by atoms with van der Waals surface area (Å²) in [6.07, 6.45) is 6.91.